The van der Waals surface area contributed by atoms with E-state index >= 15 is 0 Å². The van der Waals surface area contributed by atoms with E-state index in [4.69, 9.17) is 0 Å². The minimum absolute atomic E-state index is 0.429. The molecular weight excluding hydrogens is 260 g/mol. The molecule has 0 bridgehead atoms. The van der Waals surface area contributed by atoms with Crippen molar-refractivity contribution < 1.29 is 5.11 Å². The maximum Gasteiger partial charge on any atom is 0.0992 e. The van der Waals surface area contributed by atoms with Gasteiger partial charge < -0.3 is 10.0 Å². The summed E-state index contributed by atoms with van der Waals surface area (Å²) in [5.74, 6) is 0.526. The maximum atomic E-state index is 10.1. The van der Waals surface area contributed by atoms with Gasteiger partial charge in [-0.25, -0.2) is 0 Å². The fraction of sp³-hybridized carbons (Fsp3) is 0.611. The molecule has 1 N–H and O–H groups in total. The van der Waals surface area contributed by atoms with Gasteiger partial charge in [0.15, 0.2) is 0 Å². The molecule has 21 heavy (non-hydrogen) atoms. The van der Waals surface area contributed by atoms with Crippen LogP contribution < -0.4 is 4.90 Å². The maximum absolute atomic E-state index is 10.1. The summed E-state index contributed by atoms with van der Waals surface area (Å²) in [6, 6.07) is 8.22. The van der Waals surface area contributed by atoms with Crippen LogP contribution in [0.2, 0.25) is 0 Å². The molecule has 0 unspecified atom stereocenters. The van der Waals surface area contributed by atoms with Crippen LogP contribution in [0.4, 0.5) is 5.69 Å². The molecule has 0 saturated carbocycles. The summed E-state index contributed by atoms with van der Waals surface area (Å²) in [4.78, 5) is 2.37. The highest BCUT2D eigenvalue weighted by Gasteiger charge is 2.21. The summed E-state index contributed by atoms with van der Waals surface area (Å²) in [7, 11) is 0. The number of aliphatic hydroxyl groups is 1. The monoisotopic (exact) mass is 288 g/mol. The van der Waals surface area contributed by atoms with Crippen molar-refractivity contribution in [1.29, 1.82) is 5.26 Å². The number of benzene rings is 1. The van der Waals surface area contributed by atoms with Crippen molar-refractivity contribution in [2.45, 2.75) is 59.6 Å². The zero-order valence-corrected chi connectivity index (χ0v) is 13.9. The second-order valence-electron chi connectivity index (χ2n) is 6.08. The molecule has 0 saturated heterocycles. The number of hydrogen-bond donors (Lipinski definition) is 1. The van der Waals surface area contributed by atoms with Crippen LogP contribution in [0.25, 0.3) is 0 Å². The molecule has 1 aromatic carbocycles. The highest BCUT2D eigenvalue weighted by Crippen LogP contribution is 2.31. The van der Waals surface area contributed by atoms with E-state index in [1.165, 1.54) is 0 Å². The minimum atomic E-state index is -0.531. The van der Waals surface area contributed by atoms with Crippen LogP contribution in [0, 0.1) is 17.2 Å². The lowest BCUT2D eigenvalue weighted by Gasteiger charge is -2.36. The van der Waals surface area contributed by atoms with Gasteiger partial charge in [-0.2, -0.15) is 5.26 Å². The van der Waals surface area contributed by atoms with Crippen LogP contribution in [0.1, 0.15) is 64.7 Å². The Balaban J connectivity index is 3.36. The van der Waals surface area contributed by atoms with E-state index in [-0.39, 0.29) is 0 Å². The Morgan fingerprint density at radius 3 is 2.24 bits per heavy atom. The quantitative estimate of drug-likeness (QED) is 0.815. The average molecular weight is 288 g/mol. The van der Waals surface area contributed by atoms with Gasteiger partial charge in [-0.05, 0) is 37.8 Å². The predicted molar refractivity (Wildman–Crippen MR) is 88.3 cm³/mol. The molecule has 116 valence electrons. The lowest BCUT2D eigenvalue weighted by Crippen LogP contribution is -2.38. The zero-order valence-electron chi connectivity index (χ0n) is 13.9. The molecule has 0 fully saturated rings. The molecule has 0 amide bonds. The molecule has 0 radical (unpaired) electrons. The summed E-state index contributed by atoms with van der Waals surface area (Å²) in [5.41, 5.74) is 2.56. The number of nitriles is 1. The Hall–Kier alpha value is -1.53. The standard InChI is InChI=1S/C18H28N2O/c1-6-16(7-2)20(12-13(3)4)18-10-15(11-19)8-9-17(18)14(5)21/h8-10,13-14,16,21H,6-7,12H2,1-5H3/t14-/m0/s1. The van der Waals surface area contributed by atoms with Gasteiger partial charge in [0.2, 0.25) is 0 Å². The molecule has 0 aliphatic carbocycles. The smallest absolute Gasteiger partial charge is 0.0992 e. The predicted octanol–water partition coefficient (Wildman–Crippen LogP) is 4.26. The summed E-state index contributed by atoms with van der Waals surface area (Å²) >= 11 is 0. The van der Waals surface area contributed by atoms with Crippen LogP contribution in [-0.2, 0) is 0 Å². The van der Waals surface area contributed by atoms with Crippen molar-refractivity contribution in [1.82, 2.24) is 0 Å². The van der Waals surface area contributed by atoms with Gasteiger partial charge in [0.05, 0.1) is 17.7 Å². The molecule has 0 aromatic heterocycles. The molecule has 0 heterocycles. The van der Waals surface area contributed by atoms with Crippen LogP contribution >= 0.6 is 0 Å². The van der Waals surface area contributed by atoms with E-state index < -0.39 is 6.10 Å². The summed E-state index contributed by atoms with van der Waals surface area (Å²) in [6.45, 7) is 11.5. The number of anilines is 1. The van der Waals surface area contributed by atoms with Crippen LogP contribution in [0.3, 0.4) is 0 Å². The summed E-state index contributed by atoms with van der Waals surface area (Å²) < 4.78 is 0. The van der Waals surface area contributed by atoms with E-state index in [0.717, 1.165) is 30.6 Å². The molecule has 0 spiro atoms. The molecule has 1 atom stereocenters. The third-order valence-corrected chi connectivity index (χ3v) is 3.86. The van der Waals surface area contributed by atoms with E-state index in [2.05, 4.69) is 38.7 Å². The molecule has 1 aromatic rings. The normalized spacial score (nSPS) is 12.5. The van der Waals surface area contributed by atoms with Gasteiger partial charge in [-0.15, -0.1) is 0 Å². The van der Waals surface area contributed by atoms with Crippen molar-refractivity contribution in [2.75, 3.05) is 11.4 Å². The van der Waals surface area contributed by atoms with Gasteiger partial charge >= 0.3 is 0 Å². The molecule has 3 heteroatoms. The molecular formula is C18H28N2O. The fourth-order valence-corrected chi connectivity index (χ4v) is 2.78. The SMILES string of the molecule is CCC(CC)N(CC(C)C)c1cc(C#N)ccc1[C@H](C)O. The molecule has 0 aliphatic heterocycles. The van der Waals surface area contributed by atoms with E-state index in [0.29, 0.717) is 17.5 Å². The van der Waals surface area contributed by atoms with Crippen molar-refractivity contribution in [3.8, 4) is 6.07 Å². The van der Waals surface area contributed by atoms with E-state index in [1.54, 1.807) is 13.0 Å². The van der Waals surface area contributed by atoms with E-state index in [1.807, 2.05) is 12.1 Å². The van der Waals surface area contributed by atoms with Gasteiger partial charge in [0.1, 0.15) is 0 Å². The first-order valence-corrected chi connectivity index (χ1v) is 7.93. The van der Waals surface area contributed by atoms with Crippen molar-refractivity contribution in [2.24, 2.45) is 5.92 Å². The molecule has 0 aliphatic rings. The minimum Gasteiger partial charge on any atom is -0.389 e. The third kappa shape index (κ3) is 4.47. The largest absolute Gasteiger partial charge is 0.389 e. The topological polar surface area (TPSA) is 47.3 Å². The summed E-state index contributed by atoms with van der Waals surface area (Å²) in [5, 5.41) is 19.2. The zero-order chi connectivity index (χ0) is 16.0. The van der Waals surface area contributed by atoms with Gasteiger partial charge in [0, 0.05) is 23.8 Å². The van der Waals surface area contributed by atoms with Crippen molar-refractivity contribution in [3.63, 3.8) is 0 Å². The first kappa shape index (κ1) is 17.5. The molecule has 1 rings (SSSR count). The average Bonchev–Trinajstić information content (AvgIpc) is 2.46. The number of hydrogen-bond acceptors (Lipinski definition) is 3. The first-order valence-electron chi connectivity index (χ1n) is 7.93. The lowest BCUT2D eigenvalue weighted by atomic mass is 10.00. The summed E-state index contributed by atoms with van der Waals surface area (Å²) in [6.07, 6.45) is 1.58. The van der Waals surface area contributed by atoms with Gasteiger partial charge in [-0.1, -0.05) is 33.8 Å². The fourth-order valence-electron chi connectivity index (χ4n) is 2.78. The Morgan fingerprint density at radius 1 is 1.19 bits per heavy atom. The highest BCUT2D eigenvalue weighted by molar-refractivity contribution is 5.59. The Morgan fingerprint density at radius 2 is 1.81 bits per heavy atom. The van der Waals surface area contributed by atoms with Crippen molar-refractivity contribution >= 4 is 5.69 Å². The first-order chi connectivity index (χ1) is 9.94. The van der Waals surface area contributed by atoms with Crippen LogP contribution in [0.15, 0.2) is 18.2 Å². The van der Waals surface area contributed by atoms with Crippen molar-refractivity contribution in [3.05, 3.63) is 29.3 Å². The lowest BCUT2D eigenvalue weighted by molar-refractivity contribution is 0.199. The Kier molecular flexibility index (Phi) is 6.71. The Labute approximate surface area is 129 Å². The third-order valence-electron chi connectivity index (χ3n) is 3.86. The van der Waals surface area contributed by atoms with Crippen LogP contribution in [-0.4, -0.2) is 17.7 Å². The van der Waals surface area contributed by atoms with Gasteiger partial charge in [-0.3, -0.25) is 0 Å². The number of aliphatic hydroxyl groups excluding tert-OH is 1. The molecule has 3 nitrogen and oxygen atoms in total. The highest BCUT2D eigenvalue weighted by atomic mass is 16.3. The van der Waals surface area contributed by atoms with Crippen LogP contribution in [0.5, 0.6) is 0 Å². The van der Waals surface area contributed by atoms with Gasteiger partial charge in [0.25, 0.3) is 0 Å². The number of nitrogens with zero attached hydrogens (tertiary/aromatic N) is 2. The van der Waals surface area contributed by atoms with E-state index in [9.17, 15) is 10.4 Å². The second kappa shape index (κ2) is 8.05. The Bertz CT molecular complexity index is 484. The number of rotatable bonds is 7. The second-order valence-corrected chi connectivity index (χ2v) is 6.08.